The third-order valence-electron chi connectivity index (χ3n) is 5.66. The quantitative estimate of drug-likeness (QED) is 0.241. The third-order valence-corrected chi connectivity index (χ3v) is 8.33. The number of rotatable bonds is 12. The Morgan fingerprint density at radius 2 is 1.65 bits per heavy atom. The molecule has 182 valence electrons. The molecule has 3 aromatic rings. The van der Waals surface area contributed by atoms with Crippen molar-refractivity contribution in [2.45, 2.75) is 25.5 Å². The summed E-state index contributed by atoms with van der Waals surface area (Å²) in [6.07, 6.45) is 1.76. The Bertz CT molecular complexity index is 1090. The van der Waals surface area contributed by atoms with Crippen LogP contribution in [0.15, 0.2) is 72.8 Å². The fourth-order valence-corrected chi connectivity index (χ4v) is 6.14. The highest BCUT2D eigenvalue weighted by Crippen LogP contribution is 2.60. The van der Waals surface area contributed by atoms with E-state index in [9.17, 15) is 4.57 Å². The van der Waals surface area contributed by atoms with Crippen LogP contribution in [0.3, 0.4) is 0 Å². The highest BCUT2D eigenvalue weighted by molar-refractivity contribution is 7.67. The van der Waals surface area contributed by atoms with Crippen molar-refractivity contribution in [1.29, 1.82) is 0 Å². The smallest absolute Gasteiger partial charge is 0.258 e. The number of ether oxygens (including phenoxy) is 2. The van der Waals surface area contributed by atoms with Gasteiger partial charge in [0.05, 0.1) is 20.8 Å². The van der Waals surface area contributed by atoms with Crippen molar-refractivity contribution < 1.29 is 18.6 Å². The molecule has 2 unspecified atom stereocenters. The van der Waals surface area contributed by atoms with E-state index in [1.54, 1.807) is 20.3 Å². The number of nitrogens with one attached hydrogen (secondary N) is 1. The van der Waals surface area contributed by atoms with Gasteiger partial charge in [-0.2, -0.15) is 0 Å². The van der Waals surface area contributed by atoms with Crippen LogP contribution in [0.1, 0.15) is 31.1 Å². The molecular weight excluding hydrogens is 447 g/mol. The van der Waals surface area contributed by atoms with Gasteiger partial charge in [-0.15, -0.1) is 0 Å². The number of para-hydroxylation sites is 1. The van der Waals surface area contributed by atoms with Gasteiger partial charge in [0, 0.05) is 42.4 Å². The lowest BCUT2D eigenvalue weighted by molar-refractivity contribution is 0.307. The second kappa shape index (κ2) is 12.0. The number of hydrogen-bond acceptors (Lipinski definition) is 6. The Kier molecular flexibility index (Phi) is 9.03. The Balaban J connectivity index is 2.17. The molecular formula is C27H35N2O4P. The SMILES string of the molecule is CCCCOP(=O)(c1ccc(N(C)C)cc1)C(Nc1ccccc1)c1ccc(OC)cc1OC. The van der Waals surface area contributed by atoms with Crippen molar-refractivity contribution in [3.8, 4) is 11.5 Å². The van der Waals surface area contributed by atoms with Crippen LogP contribution in [0.25, 0.3) is 0 Å². The van der Waals surface area contributed by atoms with Crippen LogP contribution >= 0.6 is 7.37 Å². The van der Waals surface area contributed by atoms with Crippen LogP contribution in [-0.2, 0) is 9.09 Å². The van der Waals surface area contributed by atoms with Gasteiger partial charge in [0.2, 0.25) is 0 Å². The molecule has 0 bridgehead atoms. The van der Waals surface area contributed by atoms with Gasteiger partial charge in [-0.25, -0.2) is 0 Å². The van der Waals surface area contributed by atoms with E-state index in [4.69, 9.17) is 14.0 Å². The molecule has 0 spiro atoms. The summed E-state index contributed by atoms with van der Waals surface area (Å²) in [5.41, 5.74) is 2.61. The molecule has 0 heterocycles. The fourth-order valence-electron chi connectivity index (χ4n) is 3.68. The van der Waals surface area contributed by atoms with Gasteiger partial charge < -0.3 is 24.2 Å². The van der Waals surface area contributed by atoms with E-state index < -0.39 is 13.2 Å². The largest absolute Gasteiger partial charge is 0.497 e. The lowest BCUT2D eigenvalue weighted by atomic mass is 10.1. The molecule has 3 rings (SSSR count). The predicted molar refractivity (Wildman–Crippen MR) is 141 cm³/mol. The normalized spacial score (nSPS) is 13.6. The van der Waals surface area contributed by atoms with Crippen molar-refractivity contribution in [2.75, 3.05) is 45.1 Å². The van der Waals surface area contributed by atoms with Crippen LogP contribution in [0.4, 0.5) is 11.4 Å². The molecule has 0 fully saturated rings. The summed E-state index contributed by atoms with van der Waals surface area (Å²) in [6.45, 7) is 2.49. The van der Waals surface area contributed by atoms with Crippen molar-refractivity contribution in [3.63, 3.8) is 0 Å². The first-order chi connectivity index (χ1) is 16.4. The first-order valence-corrected chi connectivity index (χ1v) is 13.2. The van der Waals surface area contributed by atoms with E-state index in [2.05, 4.69) is 12.2 Å². The van der Waals surface area contributed by atoms with Crippen molar-refractivity contribution in [2.24, 2.45) is 0 Å². The second-order valence-corrected chi connectivity index (χ2v) is 10.7. The van der Waals surface area contributed by atoms with E-state index in [0.29, 0.717) is 23.4 Å². The zero-order valence-electron chi connectivity index (χ0n) is 20.7. The highest BCUT2D eigenvalue weighted by atomic mass is 31.2. The molecule has 0 aliphatic rings. The fraction of sp³-hybridized carbons (Fsp3) is 0.333. The van der Waals surface area contributed by atoms with E-state index >= 15 is 0 Å². The van der Waals surface area contributed by atoms with Gasteiger partial charge in [0.25, 0.3) is 7.37 Å². The Hall–Kier alpha value is -2.95. The summed E-state index contributed by atoms with van der Waals surface area (Å²) < 4.78 is 32.3. The molecule has 0 aliphatic carbocycles. The molecule has 2 atom stereocenters. The van der Waals surface area contributed by atoms with Gasteiger partial charge in [-0.05, 0) is 55.0 Å². The van der Waals surface area contributed by atoms with Crippen LogP contribution in [0.2, 0.25) is 0 Å². The van der Waals surface area contributed by atoms with Gasteiger partial charge in [-0.3, -0.25) is 4.57 Å². The van der Waals surface area contributed by atoms with Crippen LogP contribution in [-0.4, -0.2) is 34.9 Å². The molecule has 0 aliphatic heterocycles. The summed E-state index contributed by atoms with van der Waals surface area (Å²) in [7, 11) is 3.71. The average molecular weight is 483 g/mol. The van der Waals surface area contributed by atoms with Crippen molar-refractivity contribution >= 4 is 24.0 Å². The van der Waals surface area contributed by atoms with E-state index in [1.807, 2.05) is 85.7 Å². The first kappa shape index (κ1) is 25.7. The molecule has 0 aromatic heterocycles. The lowest BCUT2D eigenvalue weighted by Crippen LogP contribution is -2.22. The molecule has 7 heteroatoms. The number of nitrogens with zero attached hydrogens (tertiary/aromatic N) is 1. The summed E-state index contributed by atoms with van der Waals surface area (Å²) >= 11 is 0. The molecule has 0 radical (unpaired) electrons. The number of benzene rings is 3. The highest BCUT2D eigenvalue weighted by Gasteiger charge is 2.39. The van der Waals surface area contributed by atoms with E-state index in [-0.39, 0.29) is 0 Å². The standard InChI is InChI=1S/C27H35N2O4P/c1-6-7-19-33-34(30,24-16-13-22(14-17-24)29(2)3)27(28-21-11-9-8-10-12-21)25-18-15-23(31-4)20-26(25)32-5/h8-18,20,27-28H,6-7,19H2,1-5H3. The molecule has 1 N–H and O–H groups in total. The minimum absolute atomic E-state index is 0.397. The number of unbranched alkanes of at least 4 members (excludes halogenated alkanes) is 1. The Labute approximate surface area is 203 Å². The number of methoxy groups -OCH3 is 2. The summed E-state index contributed by atoms with van der Waals surface area (Å²) in [4.78, 5) is 2.01. The van der Waals surface area contributed by atoms with E-state index in [0.717, 1.165) is 29.8 Å². The minimum atomic E-state index is -3.46. The van der Waals surface area contributed by atoms with Gasteiger partial charge in [0.1, 0.15) is 17.3 Å². The van der Waals surface area contributed by atoms with Gasteiger partial charge in [-0.1, -0.05) is 31.5 Å². The summed E-state index contributed by atoms with van der Waals surface area (Å²) in [5, 5.41) is 4.14. The number of anilines is 2. The summed E-state index contributed by atoms with van der Waals surface area (Å²) in [6, 6.07) is 23.0. The van der Waals surface area contributed by atoms with Crippen LogP contribution in [0, 0.1) is 0 Å². The third kappa shape index (κ3) is 5.94. The lowest BCUT2D eigenvalue weighted by Gasteiger charge is -2.31. The van der Waals surface area contributed by atoms with Gasteiger partial charge in [0.15, 0.2) is 0 Å². The molecule has 0 saturated carbocycles. The Morgan fingerprint density at radius 3 is 2.24 bits per heavy atom. The first-order valence-electron chi connectivity index (χ1n) is 11.5. The van der Waals surface area contributed by atoms with Crippen molar-refractivity contribution in [3.05, 3.63) is 78.4 Å². The average Bonchev–Trinajstić information content (AvgIpc) is 2.87. The van der Waals surface area contributed by atoms with Crippen molar-refractivity contribution in [1.82, 2.24) is 0 Å². The zero-order chi connectivity index (χ0) is 24.6. The maximum absolute atomic E-state index is 14.9. The zero-order valence-corrected chi connectivity index (χ0v) is 21.5. The number of hydrogen-bond donors (Lipinski definition) is 1. The van der Waals surface area contributed by atoms with Gasteiger partial charge >= 0.3 is 0 Å². The predicted octanol–water partition coefficient (Wildman–Crippen LogP) is 6.30. The minimum Gasteiger partial charge on any atom is -0.497 e. The maximum atomic E-state index is 14.9. The molecule has 6 nitrogen and oxygen atoms in total. The Morgan fingerprint density at radius 1 is 0.941 bits per heavy atom. The summed E-state index contributed by atoms with van der Waals surface area (Å²) in [5.74, 6) is 0.575. The van der Waals surface area contributed by atoms with E-state index in [1.165, 1.54) is 0 Å². The molecule has 34 heavy (non-hydrogen) atoms. The monoisotopic (exact) mass is 482 g/mol. The van der Waals surface area contributed by atoms with Crippen LogP contribution in [0.5, 0.6) is 11.5 Å². The van der Waals surface area contributed by atoms with Crippen LogP contribution < -0.4 is 25.0 Å². The molecule has 0 saturated heterocycles. The second-order valence-electron chi connectivity index (χ2n) is 8.22. The molecule has 0 amide bonds. The maximum Gasteiger partial charge on any atom is 0.258 e. The topological polar surface area (TPSA) is 60.0 Å². The molecule has 3 aromatic carbocycles.